The molecule has 180 valence electrons. The van der Waals surface area contributed by atoms with E-state index in [1.165, 1.54) is 11.4 Å². The molecule has 0 bridgehead atoms. The van der Waals surface area contributed by atoms with Crippen molar-refractivity contribution >= 4 is 28.0 Å². The van der Waals surface area contributed by atoms with E-state index in [0.29, 0.717) is 56.6 Å². The lowest BCUT2D eigenvalue weighted by atomic mass is 9.66. The van der Waals surface area contributed by atoms with Gasteiger partial charge in [-0.05, 0) is 67.9 Å². The van der Waals surface area contributed by atoms with E-state index < -0.39 is 15.6 Å². The molecular weight excluding hydrogens is 444 g/mol. The van der Waals surface area contributed by atoms with Crippen LogP contribution >= 0.6 is 0 Å². The molecule has 1 heterocycles. The van der Waals surface area contributed by atoms with Crippen molar-refractivity contribution in [3.05, 3.63) is 40.1 Å². The molecular formula is C24H32N2O6S. The number of carbonyl (C=O) groups excluding carboxylic acids is 2. The second-order valence-electron chi connectivity index (χ2n) is 8.26. The Morgan fingerprint density at radius 2 is 1.73 bits per heavy atom. The molecule has 3 rings (SSSR count). The first-order chi connectivity index (χ1) is 15.7. The van der Waals surface area contributed by atoms with E-state index in [-0.39, 0.29) is 5.78 Å². The molecule has 1 aromatic rings. The molecule has 1 aliphatic carbocycles. The number of Topliss-reactive ketones (excluding diaryl/α,β-unsaturated/α-hetero) is 1. The van der Waals surface area contributed by atoms with Crippen LogP contribution in [0.15, 0.2) is 17.9 Å². The number of ketones is 1. The molecule has 0 unspecified atom stereocenters. The van der Waals surface area contributed by atoms with E-state index in [1.807, 2.05) is 26.0 Å². The van der Waals surface area contributed by atoms with Gasteiger partial charge in [0.2, 0.25) is 0 Å². The molecule has 1 aromatic carbocycles. The van der Waals surface area contributed by atoms with Gasteiger partial charge in [0.15, 0.2) is 5.78 Å². The molecule has 1 aliphatic heterocycles. The van der Waals surface area contributed by atoms with Crippen LogP contribution in [0.1, 0.15) is 54.9 Å². The molecule has 1 spiro atoms. The number of rotatable bonds is 5. The number of nitrogens with one attached hydrogen (secondary N) is 1. The van der Waals surface area contributed by atoms with Gasteiger partial charge in [-0.1, -0.05) is 5.92 Å². The van der Waals surface area contributed by atoms with Gasteiger partial charge in [0, 0.05) is 45.7 Å². The highest BCUT2D eigenvalue weighted by Gasteiger charge is 2.45. The number of aliphatic hydroxyl groups is 1. The monoisotopic (exact) mass is 476 g/mol. The minimum atomic E-state index is -3.50. The standard InChI is InChI=1S/C23H28N2O5S.CH4O/c1-5-6-18-11-16(2)21(17(3)12-18)22-19(27)13-23(14-20(22)30-15-26)7-9-25(10-8-23)31(28,29)24-4;1-2/h11-12,15,24H,7-10,13-14H2,1-4H3;2H,1H3. The minimum absolute atomic E-state index is 0.0754. The number of aliphatic hydroxyl groups excluding tert-OH is 1. The van der Waals surface area contributed by atoms with Crippen LogP contribution in [0.4, 0.5) is 0 Å². The molecule has 1 fully saturated rings. The summed E-state index contributed by atoms with van der Waals surface area (Å²) in [5.41, 5.74) is 3.51. The molecule has 0 saturated carbocycles. The Kier molecular flexibility index (Phi) is 8.97. The van der Waals surface area contributed by atoms with Crippen molar-refractivity contribution in [3.63, 3.8) is 0 Å². The lowest BCUT2D eigenvalue weighted by Crippen LogP contribution is -2.48. The number of nitrogens with zero attached hydrogens (tertiary/aromatic N) is 1. The van der Waals surface area contributed by atoms with Crippen LogP contribution < -0.4 is 4.72 Å². The van der Waals surface area contributed by atoms with Crippen molar-refractivity contribution in [2.24, 2.45) is 5.41 Å². The highest BCUT2D eigenvalue weighted by molar-refractivity contribution is 7.87. The third-order valence-corrected chi connectivity index (χ3v) is 7.81. The molecule has 2 N–H and O–H groups in total. The van der Waals surface area contributed by atoms with Gasteiger partial charge in [0.1, 0.15) is 5.76 Å². The fourth-order valence-corrected chi connectivity index (χ4v) is 5.69. The number of aryl methyl sites for hydroxylation is 2. The summed E-state index contributed by atoms with van der Waals surface area (Å²) < 4.78 is 33.3. The first-order valence-electron chi connectivity index (χ1n) is 10.7. The molecule has 8 nitrogen and oxygen atoms in total. The zero-order chi connectivity index (χ0) is 24.8. The van der Waals surface area contributed by atoms with Gasteiger partial charge in [0.05, 0.1) is 5.57 Å². The number of benzene rings is 1. The summed E-state index contributed by atoms with van der Waals surface area (Å²) in [5, 5.41) is 7.00. The summed E-state index contributed by atoms with van der Waals surface area (Å²) in [7, 11) is -1.11. The molecule has 1 saturated heterocycles. The third kappa shape index (κ3) is 5.71. The number of hydrogen-bond donors (Lipinski definition) is 2. The van der Waals surface area contributed by atoms with Crippen LogP contribution in [0.3, 0.4) is 0 Å². The Hall–Kier alpha value is -2.51. The smallest absolute Gasteiger partial charge is 0.298 e. The third-order valence-electron chi connectivity index (χ3n) is 6.25. The highest BCUT2D eigenvalue weighted by Crippen LogP contribution is 2.48. The van der Waals surface area contributed by atoms with E-state index in [2.05, 4.69) is 16.6 Å². The Bertz CT molecular complexity index is 1080. The zero-order valence-electron chi connectivity index (χ0n) is 19.8. The number of hydrogen-bond acceptors (Lipinski definition) is 6. The molecule has 0 radical (unpaired) electrons. The summed E-state index contributed by atoms with van der Waals surface area (Å²) in [6, 6.07) is 3.87. The van der Waals surface area contributed by atoms with Crippen molar-refractivity contribution in [2.45, 2.75) is 46.5 Å². The Morgan fingerprint density at radius 3 is 2.21 bits per heavy atom. The maximum absolute atomic E-state index is 13.4. The number of allylic oxidation sites excluding steroid dienone is 2. The van der Waals surface area contributed by atoms with Crippen molar-refractivity contribution < 1.29 is 27.9 Å². The van der Waals surface area contributed by atoms with Crippen molar-refractivity contribution in [1.29, 1.82) is 0 Å². The second-order valence-corrected chi connectivity index (χ2v) is 10.1. The molecule has 0 amide bonds. The summed E-state index contributed by atoms with van der Waals surface area (Å²) in [6.07, 6.45) is 1.79. The zero-order valence-corrected chi connectivity index (χ0v) is 20.6. The van der Waals surface area contributed by atoms with Crippen LogP contribution in [-0.4, -0.2) is 57.3 Å². The first kappa shape index (κ1) is 26.7. The average Bonchev–Trinajstić information content (AvgIpc) is 2.77. The maximum Gasteiger partial charge on any atom is 0.298 e. The molecule has 2 aliphatic rings. The van der Waals surface area contributed by atoms with E-state index in [4.69, 9.17) is 9.84 Å². The van der Waals surface area contributed by atoms with Gasteiger partial charge in [-0.15, -0.1) is 5.92 Å². The highest BCUT2D eigenvalue weighted by atomic mass is 32.2. The van der Waals surface area contributed by atoms with Crippen LogP contribution in [0.2, 0.25) is 0 Å². The number of ether oxygens (including phenoxy) is 1. The molecule has 9 heteroatoms. The Labute approximate surface area is 196 Å². The van der Waals surface area contributed by atoms with Crippen LogP contribution in [0, 0.1) is 31.1 Å². The molecule has 0 atom stereocenters. The summed E-state index contributed by atoms with van der Waals surface area (Å²) in [6.45, 7) is 6.63. The van der Waals surface area contributed by atoms with Crippen molar-refractivity contribution in [2.75, 3.05) is 27.2 Å². The fraction of sp³-hybridized carbons (Fsp3) is 0.500. The van der Waals surface area contributed by atoms with Gasteiger partial charge in [0.25, 0.3) is 16.7 Å². The average molecular weight is 477 g/mol. The topological polar surface area (TPSA) is 113 Å². The van der Waals surface area contributed by atoms with Gasteiger partial charge < -0.3 is 9.84 Å². The Balaban J connectivity index is 0.00000187. The van der Waals surface area contributed by atoms with Crippen LogP contribution in [-0.2, 0) is 24.5 Å². The van der Waals surface area contributed by atoms with Gasteiger partial charge in [-0.25, -0.2) is 4.72 Å². The van der Waals surface area contributed by atoms with Crippen LogP contribution in [0.25, 0.3) is 5.57 Å². The lowest BCUT2D eigenvalue weighted by molar-refractivity contribution is -0.126. The molecule has 33 heavy (non-hydrogen) atoms. The van der Waals surface area contributed by atoms with Crippen LogP contribution in [0.5, 0.6) is 0 Å². The normalized spacial score (nSPS) is 18.2. The van der Waals surface area contributed by atoms with Crippen molar-refractivity contribution in [3.8, 4) is 11.8 Å². The van der Waals surface area contributed by atoms with E-state index in [0.717, 1.165) is 29.4 Å². The lowest BCUT2D eigenvalue weighted by Gasteiger charge is -2.43. The minimum Gasteiger partial charge on any atom is -0.432 e. The van der Waals surface area contributed by atoms with E-state index >= 15 is 0 Å². The largest absolute Gasteiger partial charge is 0.432 e. The first-order valence-corrected chi connectivity index (χ1v) is 12.1. The summed E-state index contributed by atoms with van der Waals surface area (Å²) in [5.74, 6) is 6.22. The second kappa shape index (κ2) is 11.1. The SMILES string of the molecule is CC#Cc1cc(C)c(C2=C(OC=O)CC3(CCN(S(=O)(=O)NC)CC3)CC2=O)c(C)c1.CO. The van der Waals surface area contributed by atoms with E-state index in [9.17, 15) is 18.0 Å². The predicted octanol–water partition coefficient (Wildman–Crippen LogP) is 2.08. The molecule has 0 aromatic heterocycles. The van der Waals surface area contributed by atoms with Gasteiger partial charge in [-0.2, -0.15) is 12.7 Å². The fourth-order valence-electron chi connectivity index (χ4n) is 4.77. The summed E-state index contributed by atoms with van der Waals surface area (Å²) >= 11 is 0. The Morgan fingerprint density at radius 1 is 1.15 bits per heavy atom. The van der Waals surface area contributed by atoms with Gasteiger partial charge >= 0.3 is 0 Å². The van der Waals surface area contributed by atoms with Crippen molar-refractivity contribution in [1.82, 2.24) is 9.03 Å². The maximum atomic E-state index is 13.4. The number of carbonyl (C=O) groups is 2. The number of piperidine rings is 1. The predicted molar refractivity (Wildman–Crippen MR) is 126 cm³/mol. The summed E-state index contributed by atoms with van der Waals surface area (Å²) in [4.78, 5) is 24.7. The quantitative estimate of drug-likeness (QED) is 0.497. The van der Waals surface area contributed by atoms with Gasteiger partial charge in [-0.3, -0.25) is 9.59 Å². The van der Waals surface area contributed by atoms with E-state index in [1.54, 1.807) is 6.92 Å².